The van der Waals surface area contributed by atoms with Crippen LogP contribution in [0.1, 0.15) is 5.69 Å². The van der Waals surface area contributed by atoms with E-state index in [-0.39, 0.29) is 5.41 Å². The number of aromatic amines is 1. The van der Waals surface area contributed by atoms with Gasteiger partial charge in [0, 0.05) is 11.9 Å². The van der Waals surface area contributed by atoms with Crippen molar-refractivity contribution in [1.82, 2.24) is 4.98 Å². The van der Waals surface area contributed by atoms with Crippen LogP contribution in [0.2, 0.25) is 0 Å². The third kappa shape index (κ3) is 0.765. The molecule has 56 valence electrons. The van der Waals surface area contributed by atoms with Crippen molar-refractivity contribution in [2.24, 2.45) is 0 Å². The summed E-state index contributed by atoms with van der Waals surface area (Å²) >= 11 is 0. The fourth-order valence-corrected chi connectivity index (χ4v) is 1.21. The SMILES string of the molecule is N#CC1(c2ccc[nH]2)COC1. The summed E-state index contributed by atoms with van der Waals surface area (Å²) in [6.45, 7) is 1.04. The summed E-state index contributed by atoms with van der Waals surface area (Å²) in [6.07, 6.45) is 1.83. The van der Waals surface area contributed by atoms with E-state index in [1.165, 1.54) is 0 Å². The Morgan fingerprint density at radius 2 is 2.45 bits per heavy atom. The van der Waals surface area contributed by atoms with E-state index in [1.54, 1.807) is 0 Å². The van der Waals surface area contributed by atoms with E-state index in [0.29, 0.717) is 13.2 Å². The number of aromatic nitrogens is 1. The maximum atomic E-state index is 8.86. The summed E-state index contributed by atoms with van der Waals surface area (Å²) in [5.41, 5.74) is 0.579. The summed E-state index contributed by atoms with van der Waals surface area (Å²) in [6, 6.07) is 6.08. The highest BCUT2D eigenvalue weighted by molar-refractivity contribution is 5.29. The highest BCUT2D eigenvalue weighted by Crippen LogP contribution is 2.29. The predicted molar refractivity (Wildman–Crippen MR) is 38.9 cm³/mol. The number of ether oxygens (including phenoxy) is 1. The standard InChI is InChI=1S/C8H8N2O/c9-4-8(5-11-6-8)7-2-1-3-10-7/h1-3,10H,5-6H2. The van der Waals surface area contributed by atoms with Gasteiger partial charge in [-0.05, 0) is 12.1 Å². The Morgan fingerprint density at radius 3 is 2.82 bits per heavy atom. The molecule has 0 spiro atoms. The monoisotopic (exact) mass is 148 g/mol. The fourth-order valence-electron chi connectivity index (χ4n) is 1.21. The lowest BCUT2D eigenvalue weighted by atomic mass is 9.84. The number of nitrogens with zero attached hydrogens (tertiary/aromatic N) is 1. The first-order chi connectivity index (χ1) is 5.37. The molecule has 0 unspecified atom stereocenters. The lowest BCUT2D eigenvalue weighted by Crippen LogP contribution is -2.45. The van der Waals surface area contributed by atoms with Gasteiger partial charge in [0.15, 0.2) is 0 Å². The molecule has 1 aliphatic heterocycles. The molecule has 0 atom stereocenters. The molecule has 1 aromatic rings. The van der Waals surface area contributed by atoms with Gasteiger partial charge >= 0.3 is 0 Å². The summed E-state index contributed by atoms with van der Waals surface area (Å²) in [4.78, 5) is 3.03. The van der Waals surface area contributed by atoms with Crippen LogP contribution in [0, 0.1) is 11.3 Å². The molecule has 1 fully saturated rings. The van der Waals surface area contributed by atoms with Gasteiger partial charge in [-0.2, -0.15) is 5.26 Å². The van der Waals surface area contributed by atoms with Gasteiger partial charge in [0.25, 0.3) is 0 Å². The van der Waals surface area contributed by atoms with Crippen molar-refractivity contribution in [1.29, 1.82) is 5.26 Å². The largest absolute Gasteiger partial charge is 0.377 e. The van der Waals surface area contributed by atoms with Gasteiger partial charge in [-0.25, -0.2) is 0 Å². The maximum Gasteiger partial charge on any atom is 0.143 e. The molecule has 0 bridgehead atoms. The molecule has 2 heterocycles. The van der Waals surface area contributed by atoms with Crippen molar-refractivity contribution in [3.63, 3.8) is 0 Å². The number of nitriles is 1. The van der Waals surface area contributed by atoms with E-state index in [4.69, 9.17) is 10.00 Å². The Morgan fingerprint density at radius 1 is 1.64 bits per heavy atom. The lowest BCUT2D eigenvalue weighted by molar-refractivity contribution is -0.0315. The normalized spacial score (nSPS) is 20.3. The zero-order valence-electron chi connectivity index (χ0n) is 6.00. The van der Waals surface area contributed by atoms with Crippen molar-refractivity contribution >= 4 is 0 Å². The summed E-state index contributed by atoms with van der Waals surface area (Å²) in [7, 11) is 0. The third-order valence-corrected chi connectivity index (χ3v) is 2.02. The predicted octanol–water partition coefficient (Wildman–Crippen LogP) is 0.806. The van der Waals surface area contributed by atoms with Gasteiger partial charge in [-0.3, -0.25) is 0 Å². The number of rotatable bonds is 1. The van der Waals surface area contributed by atoms with Gasteiger partial charge in [-0.1, -0.05) is 0 Å². The van der Waals surface area contributed by atoms with Crippen molar-refractivity contribution in [2.75, 3.05) is 13.2 Å². The number of hydrogen-bond acceptors (Lipinski definition) is 2. The zero-order chi connectivity index (χ0) is 7.73. The summed E-state index contributed by atoms with van der Waals surface area (Å²) in [5.74, 6) is 0. The molecule has 1 aromatic heterocycles. The molecule has 0 aliphatic carbocycles. The Balaban J connectivity index is 2.34. The molecular formula is C8H8N2O. The minimum Gasteiger partial charge on any atom is -0.377 e. The molecule has 0 radical (unpaired) electrons. The average molecular weight is 148 g/mol. The van der Waals surface area contributed by atoms with Crippen LogP contribution < -0.4 is 0 Å². The minimum absolute atomic E-state index is 0.385. The lowest BCUT2D eigenvalue weighted by Gasteiger charge is -2.33. The van der Waals surface area contributed by atoms with Gasteiger partial charge in [0.1, 0.15) is 5.41 Å². The Kier molecular flexibility index (Phi) is 1.23. The smallest absolute Gasteiger partial charge is 0.143 e. The van der Waals surface area contributed by atoms with Crippen LogP contribution in [0.4, 0.5) is 0 Å². The van der Waals surface area contributed by atoms with Gasteiger partial charge in [-0.15, -0.1) is 0 Å². The first-order valence-electron chi connectivity index (χ1n) is 3.50. The molecule has 3 heteroatoms. The Hall–Kier alpha value is -1.27. The maximum absolute atomic E-state index is 8.86. The second-order valence-electron chi connectivity index (χ2n) is 2.77. The molecular weight excluding hydrogens is 140 g/mol. The average Bonchev–Trinajstić information content (AvgIpc) is 2.39. The van der Waals surface area contributed by atoms with Gasteiger partial charge < -0.3 is 9.72 Å². The van der Waals surface area contributed by atoms with Gasteiger partial charge in [0.05, 0.1) is 19.3 Å². The van der Waals surface area contributed by atoms with Crippen LogP contribution in [-0.2, 0) is 10.2 Å². The fraction of sp³-hybridized carbons (Fsp3) is 0.375. The molecule has 1 aliphatic rings. The molecule has 3 nitrogen and oxygen atoms in total. The van der Waals surface area contributed by atoms with Crippen LogP contribution in [0.25, 0.3) is 0 Å². The zero-order valence-corrected chi connectivity index (χ0v) is 6.00. The molecule has 2 rings (SSSR count). The number of H-pyrrole nitrogens is 1. The molecule has 0 saturated carbocycles. The number of hydrogen-bond donors (Lipinski definition) is 1. The van der Waals surface area contributed by atoms with Crippen molar-refractivity contribution in [2.45, 2.75) is 5.41 Å². The van der Waals surface area contributed by atoms with Gasteiger partial charge in [0.2, 0.25) is 0 Å². The van der Waals surface area contributed by atoms with Crippen molar-refractivity contribution in [3.8, 4) is 6.07 Å². The highest BCUT2D eigenvalue weighted by Gasteiger charge is 2.41. The van der Waals surface area contributed by atoms with Crippen molar-refractivity contribution in [3.05, 3.63) is 24.0 Å². The van der Waals surface area contributed by atoms with Crippen LogP contribution >= 0.6 is 0 Å². The molecule has 0 aromatic carbocycles. The second kappa shape index (κ2) is 2.11. The van der Waals surface area contributed by atoms with E-state index in [1.807, 2.05) is 18.3 Å². The van der Waals surface area contributed by atoms with Crippen LogP contribution in [0.5, 0.6) is 0 Å². The molecule has 11 heavy (non-hydrogen) atoms. The topological polar surface area (TPSA) is 48.8 Å². The highest BCUT2D eigenvalue weighted by atomic mass is 16.5. The van der Waals surface area contributed by atoms with Crippen LogP contribution in [0.15, 0.2) is 18.3 Å². The summed E-state index contributed by atoms with van der Waals surface area (Å²) < 4.78 is 5.01. The first kappa shape index (κ1) is 6.44. The van der Waals surface area contributed by atoms with E-state index in [9.17, 15) is 0 Å². The Bertz CT molecular complexity index is 280. The third-order valence-electron chi connectivity index (χ3n) is 2.02. The van der Waals surface area contributed by atoms with Crippen LogP contribution in [0.3, 0.4) is 0 Å². The van der Waals surface area contributed by atoms with E-state index in [0.717, 1.165) is 5.69 Å². The van der Waals surface area contributed by atoms with E-state index < -0.39 is 0 Å². The molecule has 1 saturated heterocycles. The summed E-state index contributed by atoms with van der Waals surface area (Å²) in [5, 5.41) is 8.86. The number of nitrogens with one attached hydrogen (secondary N) is 1. The molecule has 1 N–H and O–H groups in total. The van der Waals surface area contributed by atoms with E-state index >= 15 is 0 Å². The van der Waals surface area contributed by atoms with Crippen molar-refractivity contribution < 1.29 is 4.74 Å². The first-order valence-corrected chi connectivity index (χ1v) is 3.50. The second-order valence-corrected chi connectivity index (χ2v) is 2.77. The van der Waals surface area contributed by atoms with Crippen LogP contribution in [-0.4, -0.2) is 18.2 Å². The molecule has 0 amide bonds. The minimum atomic E-state index is -0.385. The van der Waals surface area contributed by atoms with E-state index in [2.05, 4.69) is 11.1 Å². The quantitative estimate of drug-likeness (QED) is 0.640. The Labute approximate surface area is 64.6 Å².